The predicted molar refractivity (Wildman–Crippen MR) is 114 cm³/mol. The summed E-state index contributed by atoms with van der Waals surface area (Å²) in [6, 6.07) is 6.53. The Kier molecular flexibility index (Phi) is 14.6. The summed E-state index contributed by atoms with van der Waals surface area (Å²) in [7, 11) is 1.71. The SMILES string of the molecule is CCCNC(=O)CCNC(=NC)NCCCSc1ccc(F)cc1.I. The third-order valence-corrected chi connectivity index (χ3v) is 4.23. The first-order chi connectivity index (χ1) is 11.7. The van der Waals surface area contributed by atoms with Crippen molar-refractivity contribution in [3.63, 3.8) is 0 Å². The maximum absolute atomic E-state index is 12.8. The molecule has 142 valence electrons. The van der Waals surface area contributed by atoms with Gasteiger partial charge in [-0.3, -0.25) is 9.79 Å². The van der Waals surface area contributed by atoms with Crippen LogP contribution in [0.5, 0.6) is 0 Å². The van der Waals surface area contributed by atoms with Crippen LogP contribution in [0.1, 0.15) is 26.2 Å². The molecule has 5 nitrogen and oxygen atoms in total. The van der Waals surface area contributed by atoms with Crippen molar-refractivity contribution < 1.29 is 9.18 Å². The van der Waals surface area contributed by atoms with Crippen molar-refractivity contribution >= 4 is 47.6 Å². The summed E-state index contributed by atoms with van der Waals surface area (Å²) in [5.74, 6) is 1.48. The molecule has 0 aliphatic heterocycles. The molecule has 0 saturated heterocycles. The van der Waals surface area contributed by atoms with Gasteiger partial charge < -0.3 is 16.0 Å². The Morgan fingerprint density at radius 2 is 1.80 bits per heavy atom. The quantitative estimate of drug-likeness (QED) is 0.158. The van der Waals surface area contributed by atoms with E-state index in [2.05, 4.69) is 20.9 Å². The van der Waals surface area contributed by atoms with Crippen LogP contribution < -0.4 is 16.0 Å². The Morgan fingerprint density at radius 1 is 1.12 bits per heavy atom. The second-order valence-electron chi connectivity index (χ2n) is 5.18. The molecule has 1 aromatic carbocycles. The fourth-order valence-corrected chi connectivity index (χ4v) is 2.72. The van der Waals surface area contributed by atoms with E-state index in [0.717, 1.165) is 36.6 Å². The summed E-state index contributed by atoms with van der Waals surface area (Å²) in [5.41, 5.74) is 0. The summed E-state index contributed by atoms with van der Waals surface area (Å²) < 4.78 is 12.8. The molecule has 0 heterocycles. The summed E-state index contributed by atoms with van der Waals surface area (Å²) in [6.07, 6.45) is 2.33. The minimum Gasteiger partial charge on any atom is -0.356 e. The standard InChI is InChI=1S/C17H27FN4OS.HI/c1-3-10-20-16(23)9-12-22-17(19-2)21-11-4-13-24-15-7-5-14(18)6-8-15;/h5-8H,3-4,9-13H2,1-2H3,(H,20,23)(H2,19,21,22);1H. The number of hydrogen-bond acceptors (Lipinski definition) is 3. The number of aliphatic imine (C=N–C) groups is 1. The first-order valence-electron chi connectivity index (χ1n) is 8.25. The molecule has 8 heteroatoms. The molecule has 0 spiro atoms. The van der Waals surface area contributed by atoms with Crippen LogP contribution in [0.4, 0.5) is 4.39 Å². The van der Waals surface area contributed by atoms with Gasteiger partial charge in [-0.1, -0.05) is 6.92 Å². The lowest BCUT2D eigenvalue weighted by atomic mass is 10.3. The molecule has 0 aliphatic rings. The molecular weight excluding hydrogens is 454 g/mol. The Bertz CT molecular complexity index is 514. The molecule has 25 heavy (non-hydrogen) atoms. The number of amides is 1. The lowest BCUT2D eigenvalue weighted by Gasteiger charge is -2.11. The highest BCUT2D eigenvalue weighted by molar-refractivity contribution is 14.0. The van der Waals surface area contributed by atoms with E-state index in [1.54, 1.807) is 30.9 Å². The lowest BCUT2D eigenvalue weighted by molar-refractivity contribution is -0.120. The van der Waals surface area contributed by atoms with Crippen LogP contribution in [-0.2, 0) is 4.79 Å². The van der Waals surface area contributed by atoms with Gasteiger partial charge in [0, 0.05) is 38.0 Å². The van der Waals surface area contributed by atoms with Crippen LogP contribution in [0.3, 0.4) is 0 Å². The largest absolute Gasteiger partial charge is 0.356 e. The van der Waals surface area contributed by atoms with E-state index in [1.165, 1.54) is 12.1 Å². The van der Waals surface area contributed by atoms with Crippen molar-refractivity contribution in [2.24, 2.45) is 4.99 Å². The lowest BCUT2D eigenvalue weighted by Crippen LogP contribution is -2.39. The summed E-state index contributed by atoms with van der Waals surface area (Å²) in [6.45, 7) is 4.09. The number of thioether (sulfide) groups is 1. The Labute approximate surface area is 171 Å². The van der Waals surface area contributed by atoms with Crippen LogP contribution >= 0.6 is 35.7 Å². The highest BCUT2D eigenvalue weighted by atomic mass is 127. The smallest absolute Gasteiger partial charge is 0.221 e. The molecule has 0 radical (unpaired) electrons. The van der Waals surface area contributed by atoms with Gasteiger partial charge in [-0.05, 0) is 42.9 Å². The van der Waals surface area contributed by atoms with Crippen molar-refractivity contribution in [1.29, 1.82) is 0 Å². The van der Waals surface area contributed by atoms with E-state index < -0.39 is 0 Å². The van der Waals surface area contributed by atoms with Gasteiger partial charge in [-0.25, -0.2) is 4.39 Å². The number of benzene rings is 1. The van der Waals surface area contributed by atoms with Crippen molar-refractivity contribution in [1.82, 2.24) is 16.0 Å². The number of carbonyl (C=O) groups is 1. The average Bonchev–Trinajstić information content (AvgIpc) is 2.59. The molecule has 0 fully saturated rings. The second kappa shape index (κ2) is 15.2. The maximum atomic E-state index is 12.8. The van der Waals surface area contributed by atoms with Crippen molar-refractivity contribution in [2.75, 3.05) is 32.4 Å². The van der Waals surface area contributed by atoms with Crippen molar-refractivity contribution in [3.05, 3.63) is 30.1 Å². The first kappa shape index (κ1) is 24.0. The van der Waals surface area contributed by atoms with Crippen molar-refractivity contribution in [3.8, 4) is 0 Å². The zero-order chi connectivity index (χ0) is 17.6. The second-order valence-corrected chi connectivity index (χ2v) is 6.35. The number of nitrogens with one attached hydrogen (secondary N) is 3. The number of guanidine groups is 1. The molecule has 0 bridgehead atoms. The molecule has 0 aliphatic carbocycles. The van der Waals surface area contributed by atoms with Crippen LogP contribution in [0.2, 0.25) is 0 Å². The number of nitrogens with zero attached hydrogens (tertiary/aromatic N) is 1. The maximum Gasteiger partial charge on any atom is 0.221 e. The van der Waals surface area contributed by atoms with Crippen LogP contribution in [0, 0.1) is 5.82 Å². The Balaban J connectivity index is 0.00000576. The number of carbonyl (C=O) groups excluding carboxylic acids is 1. The van der Waals surface area contributed by atoms with E-state index in [-0.39, 0.29) is 35.7 Å². The van der Waals surface area contributed by atoms with Gasteiger partial charge in [0.15, 0.2) is 5.96 Å². The molecule has 0 aromatic heterocycles. The van der Waals surface area contributed by atoms with E-state index in [0.29, 0.717) is 18.9 Å². The van der Waals surface area contributed by atoms with Crippen LogP contribution in [-0.4, -0.2) is 44.3 Å². The number of rotatable bonds is 10. The Hall–Kier alpha value is -1.03. The summed E-state index contributed by atoms with van der Waals surface area (Å²) in [5, 5.41) is 9.17. The van der Waals surface area contributed by atoms with E-state index in [9.17, 15) is 9.18 Å². The Morgan fingerprint density at radius 3 is 2.44 bits per heavy atom. The topological polar surface area (TPSA) is 65.5 Å². The molecule has 3 N–H and O–H groups in total. The van der Waals surface area contributed by atoms with Crippen LogP contribution in [0.25, 0.3) is 0 Å². The van der Waals surface area contributed by atoms with Crippen LogP contribution in [0.15, 0.2) is 34.2 Å². The number of halogens is 2. The van der Waals surface area contributed by atoms with Gasteiger partial charge >= 0.3 is 0 Å². The summed E-state index contributed by atoms with van der Waals surface area (Å²) >= 11 is 1.70. The molecular formula is C17H28FIN4OS. The molecule has 1 rings (SSSR count). The minimum atomic E-state index is -0.209. The normalized spacial score (nSPS) is 10.8. The molecule has 0 saturated carbocycles. The molecule has 1 aromatic rings. The van der Waals surface area contributed by atoms with E-state index in [4.69, 9.17) is 0 Å². The zero-order valence-electron chi connectivity index (χ0n) is 14.8. The van der Waals surface area contributed by atoms with E-state index >= 15 is 0 Å². The van der Waals surface area contributed by atoms with Gasteiger partial charge in [0.2, 0.25) is 5.91 Å². The van der Waals surface area contributed by atoms with Gasteiger partial charge in [0.25, 0.3) is 0 Å². The fraction of sp³-hybridized carbons (Fsp3) is 0.529. The molecule has 0 unspecified atom stereocenters. The first-order valence-corrected chi connectivity index (χ1v) is 9.24. The highest BCUT2D eigenvalue weighted by Crippen LogP contribution is 2.18. The zero-order valence-corrected chi connectivity index (χ0v) is 18.0. The van der Waals surface area contributed by atoms with E-state index in [1.807, 2.05) is 6.92 Å². The van der Waals surface area contributed by atoms with Gasteiger partial charge in [0.1, 0.15) is 5.82 Å². The van der Waals surface area contributed by atoms with Gasteiger partial charge in [0.05, 0.1) is 0 Å². The third kappa shape index (κ3) is 12.0. The third-order valence-electron chi connectivity index (χ3n) is 3.14. The van der Waals surface area contributed by atoms with Gasteiger partial charge in [-0.2, -0.15) is 0 Å². The molecule has 1 amide bonds. The predicted octanol–water partition coefficient (Wildman–Crippen LogP) is 3.01. The number of hydrogen-bond donors (Lipinski definition) is 3. The highest BCUT2D eigenvalue weighted by Gasteiger charge is 2.02. The average molecular weight is 482 g/mol. The summed E-state index contributed by atoms with van der Waals surface area (Å²) in [4.78, 5) is 16.7. The molecule has 0 atom stereocenters. The fourth-order valence-electron chi connectivity index (χ4n) is 1.87. The van der Waals surface area contributed by atoms with Gasteiger partial charge in [-0.15, -0.1) is 35.7 Å². The van der Waals surface area contributed by atoms with Crippen molar-refractivity contribution in [2.45, 2.75) is 31.1 Å². The minimum absolute atomic E-state index is 0. The monoisotopic (exact) mass is 482 g/mol.